The van der Waals surface area contributed by atoms with E-state index in [0.717, 1.165) is 17.2 Å². The molecule has 1 aliphatic rings. The Balaban J connectivity index is 2.05. The molecule has 0 radical (unpaired) electrons. The predicted molar refractivity (Wildman–Crippen MR) is 71.6 cm³/mol. The number of fused-ring (bicyclic) bond motifs is 1. The Morgan fingerprint density at radius 1 is 1.35 bits per heavy atom. The molecule has 0 saturated heterocycles. The van der Waals surface area contributed by atoms with Gasteiger partial charge in [0, 0.05) is 11.3 Å². The third kappa shape index (κ3) is 2.81. The molecule has 0 aliphatic carbocycles. The number of thioether (sulfide) groups is 1. The minimum atomic E-state index is 0.0746. The van der Waals surface area contributed by atoms with Crippen molar-refractivity contribution in [3.8, 4) is 0 Å². The van der Waals surface area contributed by atoms with Crippen molar-refractivity contribution in [3.05, 3.63) is 36.2 Å². The van der Waals surface area contributed by atoms with Gasteiger partial charge in [0.25, 0.3) is 0 Å². The molecule has 3 N–H and O–H groups in total. The number of hydrogen-bond donors (Lipinski definition) is 3. The Hall–Kier alpha value is -1.46. The minimum Gasteiger partial charge on any atom is -0.396 e. The molecule has 0 saturated carbocycles. The molecule has 0 aromatic heterocycles. The molecule has 0 atom stereocenters. The van der Waals surface area contributed by atoms with Crippen LogP contribution in [0.5, 0.6) is 0 Å². The maximum absolute atomic E-state index is 11.8. The molecule has 0 unspecified atom stereocenters. The van der Waals surface area contributed by atoms with E-state index < -0.39 is 0 Å². The summed E-state index contributed by atoms with van der Waals surface area (Å²) in [7, 11) is 0. The quantitative estimate of drug-likeness (QED) is 0.550. The minimum absolute atomic E-state index is 0.0746. The van der Waals surface area contributed by atoms with Crippen LogP contribution in [0.1, 0.15) is 10.4 Å². The van der Waals surface area contributed by atoms with Crippen molar-refractivity contribution in [2.75, 3.05) is 28.7 Å². The zero-order valence-corrected chi connectivity index (χ0v) is 10.1. The van der Waals surface area contributed by atoms with Crippen LogP contribution in [0.4, 0.5) is 11.4 Å². The second-order valence-electron chi connectivity index (χ2n) is 3.69. The fourth-order valence-electron chi connectivity index (χ4n) is 1.60. The van der Waals surface area contributed by atoms with Gasteiger partial charge in [-0.25, -0.2) is 0 Å². The van der Waals surface area contributed by atoms with Crippen LogP contribution < -0.4 is 10.6 Å². The first kappa shape index (κ1) is 12.0. The lowest BCUT2D eigenvalue weighted by atomic mass is 10.1. The van der Waals surface area contributed by atoms with E-state index in [9.17, 15) is 4.79 Å². The Kier molecular flexibility index (Phi) is 3.71. The Morgan fingerprint density at radius 3 is 2.88 bits per heavy atom. The molecule has 1 aliphatic heterocycles. The van der Waals surface area contributed by atoms with Gasteiger partial charge in [0.15, 0.2) is 5.78 Å². The molecular formula is C12H14N2O2S. The standard InChI is InChI=1S/C12H14N2O2S/c1-8-13-10-3-2-9(6-11(10)14-8)12(16)7-17-5-4-15/h2-3,6,13-15H,1,4-5,7H2. The molecular weight excluding hydrogens is 236 g/mol. The highest BCUT2D eigenvalue weighted by molar-refractivity contribution is 8.00. The number of Topliss-reactive ketones (excluding diaryl/α,β-unsaturated/α-hetero) is 1. The summed E-state index contributed by atoms with van der Waals surface area (Å²) in [4.78, 5) is 11.8. The average Bonchev–Trinajstić information content (AvgIpc) is 2.68. The lowest BCUT2D eigenvalue weighted by molar-refractivity contribution is 0.102. The van der Waals surface area contributed by atoms with Crippen LogP contribution in [0.25, 0.3) is 0 Å². The van der Waals surface area contributed by atoms with Crippen molar-refractivity contribution < 1.29 is 9.90 Å². The number of carbonyl (C=O) groups is 1. The van der Waals surface area contributed by atoms with Gasteiger partial charge in [-0.3, -0.25) is 4.79 Å². The summed E-state index contributed by atoms with van der Waals surface area (Å²) in [6.07, 6.45) is 0. The summed E-state index contributed by atoms with van der Waals surface area (Å²) in [5.74, 6) is 1.78. The number of carbonyl (C=O) groups excluding carboxylic acids is 1. The van der Waals surface area contributed by atoms with E-state index in [0.29, 0.717) is 17.1 Å². The summed E-state index contributed by atoms with van der Waals surface area (Å²) < 4.78 is 0. The highest BCUT2D eigenvalue weighted by Crippen LogP contribution is 2.30. The fourth-order valence-corrected chi connectivity index (χ4v) is 2.22. The predicted octanol–water partition coefficient (Wildman–Crippen LogP) is 1.90. The van der Waals surface area contributed by atoms with E-state index in [1.807, 2.05) is 12.1 Å². The number of aliphatic hydroxyl groups is 1. The molecule has 5 heteroatoms. The Morgan fingerprint density at radius 2 is 2.12 bits per heavy atom. The smallest absolute Gasteiger partial charge is 0.172 e. The summed E-state index contributed by atoms with van der Waals surface area (Å²) in [5, 5.41) is 14.8. The van der Waals surface area contributed by atoms with Crippen LogP contribution in [-0.4, -0.2) is 29.0 Å². The summed E-state index contributed by atoms with van der Waals surface area (Å²) in [6, 6.07) is 5.49. The number of anilines is 2. The van der Waals surface area contributed by atoms with Crippen LogP contribution in [0, 0.1) is 0 Å². The van der Waals surface area contributed by atoms with Crippen LogP contribution in [0.15, 0.2) is 30.6 Å². The lowest BCUT2D eigenvalue weighted by Gasteiger charge is -2.03. The van der Waals surface area contributed by atoms with Gasteiger partial charge in [-0.2, -0.15) is 11.8 Å². The zero-order valence-electron chi connectivity index (χ0n) is 9.32. The zero-order chi connectivity index (χ0) is 12.3. The van der Waals surface area contributed by atoms with Gasteiger partial charge in [-0.1, -0.05) is 6.58 Å². The van der Waals surface area contributed by atoms with E-state index in [2.05, 4.69) is 17.2 Å². The molecule has 1 aromatic rings. The third-order valence-corrected chi connectivity index (χ3v) is 3.32. The second-order valence-corrected chi connectivity index (χ2v) is 4.79. The molecule has 2 rings (SSSR count). The van der Waals surface area contributed by atoms with E-state index in [1.165, 1.54) is 11.8 Å². The normalized spacial score (nSPS) is 12.9. The maximum atomic E-state index is 11.8. The van der Waals surface area contributed by atoms with Gasteiger partial charge >= 0.3 is 0 Å². The van der Waals surface area contributed by atoms with E-state index in [4.69, 9.17) is 5.11 Å². The lowest BCUT2D eigenvalue weighted by Crippen LogP contribution is -2.04. The molecule has 0 spiro atoms. The first-order valence-corrected chi connectivity index (χ1v) is 6.45. The first-order chi connectivity index (χ1) is 8.20. The summed E-state index contributed by atoms with van der Waals surface area (Å²) in [6.45, 7) is 3.87. The molecule has 4 nitrogen and oxygen atoms in total. The number of nitrogens with one attached hydrogen (secondary N) is 2. The van der Waals surface area contributed by atoms with Crippen molar-refractivity contribution in [2.24, 2.45) is 0 Å². The Labute approximate surface area is 104 Å². The van der Waals surface area contributed by atoms with Crippen LogP contribution in [0.2, 0.25) is 0 Å². The molecule has 0 fully saturated rings. The number of aliphatic hydroxyl groups excluding tert-OH is 1. The molecule has 17 heavy (non-hydrogen) atoms. The van der Waals surface area contributed by atoms with Crippen molar-refractivity contribution in [3.63, 3.8) is 0 Å². The van der Waals surface area contributed by atoms with Gasteiger partial charge < -0.3 is 15.7 Å². The van der Waals surface area contributed by atoms with E-state index in [-0.39, 0.29) is 12.4 Å². The van der Waals surface area contributed by atoms with Gasteiger partial charge in [0.05, 0.1) is 23.7 Å². The largest absolute Gasteiger partial charge is 0.396 e. The highest BCUT2D eigenvalue weighted by Gasteiger charge is 2.14. The van der Waals surface area contributed by atoms with Crippen LogP contribution in [0.3, 0.4) is 0 Å². The molecule has 1 heterocycles. The summed E-state index contributed by atoms with van der Waals surface area (Å²) in [5.41, 5.74) is 2.50. The summed E-state index contributed by atoms with van der Waals surface area (Å²) >= 11 is 1.44. The van der Waals surface area contributed by atoms with Crippen LogP contribution >= 0.6 is 11.8 Å². The number of ketones is 1. The van der Waals surface area contributed by atoms with E-state index in [1.54, 1.807) is 6.07 Å². The van der Waals surface area contributed by atoms with Crippen LogP contribution in [-0.2, 0) is 0 Å². The number of benzene rings is 1. The van der Waals surface area contributed by atoms with Gasteiger partial charge in [0.1, 0.15) is 5.82 Å². The highest BCUT2D eigenvalue weighted by atomic mass is 32.2. The number of rotatable bonds is 5. The van der Waals surface area contributed by atoms with Crippen molar-refractivity contribution in [1.29, 1.82) is 0 Å². The van der Waals surface area contributed by atoms with Crippen molar-refractivity contribution >= 4 is 28.9 Å². The van der Waals surface area contributed by atoms with Gasteiger partial charge in [0.2, 0.25) is 0 Å². The van der Waals surface area contributed by atoms with Crippen molar-refractivity contribution in [1.82, 2.24) is 0 Å². The molecule has 1 aromatic carbocycles. The molecule has 0 amide bonds. The maximum Gasteiger partial charge on any atom is 0.172 e. The molecule has 0 bridgehead atoms. The fraction of sp³-hybridized carbons (Fsp3) is 0.250. The average molecular weight is 250 g/mol. The SMILES string of the molecule is C=C1Nc2ccc(C(=O)CSCCO)cc2N1. The van der Waals surface area contributed by atoms with Gasteiger partial charge in [-0.05, 0) is 18.2 Å². The van der Waals surface area contributed by atoms with Crippen molar-refractivity contribution in [2.45, 2.75) is 0 Å². The van der Waals surface area contributed by atoms with Gasteiger partial charge in [-0.15, -0.1) is 0 Å². The number of hydrogen-bond acceptors (Lipinski definition) is 5. The van der Waals surface area contributed by atoms with E-state index >= 15 is 0 Å². The Bertz CT molecular complexity index is 460. The second kappa shape index (κ2) is 5.25. The first-order valence-electron chi connectivity index (χ1n) is 5.29. The third-order valence-electron chi connectivity index (χ3n) is 2.38. The topological polar surface area (TPSA) is 61.4 Å². The monoisotopic (exact) mass is 250 g/mol. The molecule has 90 valence electrons.